The van der Waals surface area contributed by atoms with Crippen LogP contribution in [0.3, 0.4) is 0 Å². The van der Waals surface area contributed by atoms with E-state index in [0.717, 1.165) is 36.3 Å². The topological polar surface area (TPSA) is 25.2 Å². The second kappa shape index (κ2) is 7.62. The molecule has 4 heteroatoms. The normalized spacial score (nSPS) is 12.6. The third-order valence-corrected chi connectivity index (χ3v) is 3.91. The molecule has 1 aromatic heterocycles. The molecule has 0 fully saturated rings. The average Bonchev–Trinajstić information content (AvgIpc) is 2.94. The van der Waals surface area contributed by atoms with E-state index in [0.29, 0.717) is 11.4 Å². The fourth-order valence-corrected chi connectivity index (χ4v) is 2.71. The van der Waals surface area contributed by atoms with E-state index in [1.807, 2.05) is 6.07 Å². The van der Waals surface area contributed by atoms with Gasteiger partial charge in [0.2, 0.25) is 0 Å². The Labute approximate surface area is 130 Å². The summed E-state index contributed by atoms with van der Waals surface area (Å²) in [4.78, 5) is 0. The molecule has 1 heterocycles. The van der Waals surface area contributed by atoms with Crippen molar-refractivity contribution in [2.24, 2.45) is 0 Å². The highest BCUT2D eigenvalue weighted by Crippen LogP contribution is 2.27. The number of rotatable bonds is 7. The summed E-state index contributed by atoms with van der Waals surface area (Å²) < 4.78 is 18.7. The molecule has 2 rings (SSSR count). The van der Waals surface area contributed by atoms with Crippen LogP contribution in [-0.4, -0.2) is 6.54 Å². The lowest BCUT2D eigenvalue weighted by molar-refractivity contribution is 0.481. The predicted octanol–water partition coefficient (Wildman–Crippen LogP) is 4.92. The van der Waals surface area contributed by atoms with Gasteiger partial charge in [-0.05, 0) is 43.1 Å². The van der Waals surface area contributed by atoms with Gasteiger partial charge < -0.3 is 9.73 Å². The number of hydrogen-bond donors (Lipinski definition) is 1. The van der Waals surface area contributed by atoms with Crippen molar-refractivity contribution in [1.29, 1.82) is 0 Å². The van der Waals surface area contributed by atoms with Crippen LogP contribution in [0.25, 0.3) is 0 Å². The minimum atomic E-state index is -0.306. The smallest absolute Gasteiger partial charge is 0.124 e. The Morgan fingerprint density at radius 3 is 2.76 bits per heavy atom. The molecule has 0 saturated carbocycles. The van der Waals surface area contributed by atoms with Gasteiger partial charge in [0.15, 0.2) is 0 Å². The Morgan fingerprint density at radius 2 is 2.10 bits per heavy atom. The van der Waals surface area contributed by atoms with Gasteiger partial charge in [-0.25, -0.2) is 4.39 Å². The zero-order valence-corrected chi connectivity index (χ0v) is 13.2. The molecular weight excluding hydrogens is 289 g/mol. The minimum absolute atomic E-state index is 0.126. The van der Waals surface area contributed by atoms with Crippen LogP contribution in [0.4, 0.5) is 4.39 Å². The van der Waals surface area contributed by atoms with Gasteiger partial charge in [0.05, 0.1) is 6.26 Å². The number of aryl methyl sites for hydroxylation is 1. The lowest BCUT2D eigenvalue weighted by atomic mass is 9.98. The quantitative estimate of drug-likeness (QED) is 0.785. The highest BCUT2D eigenvalue weighted by Gasteiger charge is 2.18. The lowest BCUT2D eigenvalue weighted by Crippen LogP contribution is -2.24. The summed E-state index contributed by atoms with van der Waals surface area (Å²) in [5.74, 6) is 0.682. The fraction of sp³-hybridized carbons (Fsp3) is 0.412. The van der Waals surface area contributed by atoms with Crippen LogP contribution in [-0.2, 0) is 12.8 Å². The summed E-state index contributed by atoms with van der Waals surface area (Å²) >= 11 is 6.15. The van der Waals surface area contributed by atoms with Crippen LogP contribution in [0, 0.1) is 5.82 Å². The van der Waals surface area contributed by atoms with Crippen LogP contribution in [0.2, 0.25) is 5.02 Å². The summed E-state index contributed by atoms with van der Waals surface area (Å²) in [6.07, 6.45) is 4.34. The molecule has 1 N–H and O–H groups in total. The molecule has 114 valence electrons. The van der Waals surface area contributed by atoms with E-state index in [4.69, 9.17) is 16.0 Å². The van der Waals surface area contributed by atoms with E-state index in [2.05, 4.69) is 19.2 Å². The van der Waals surface area contributed by atoms with Crippen molar-refractivity contribution in [3.8, 4) is 0 Å². The molecule has 0 aliphatic heterocycles. The molecule has 0 aliphatic carbocycles. The Balaban J connectivity index is 2.24. The Bertz CT molecular complexity index is 582. The van der Waals surface area contributed by atoms with Gasteiger partial charge in [-0.15, -0.1) is 0 Å². The largest absolute Gasteiger partial charge is 0.469 e. The molecule has 2 aromatic rings. The van der Waals surface area contributed by atoms with Gasteiger partial charge in [-0.2, -0.15) is 0 Å². The maximum atomic E-state index is 13.2. The molecule has 0 aliphatic rings. The second-order valence-corrected chi connectivity index (χ2v) is 5.51. The Morgan fingerprint density at radius 1 is 1.29 bits per heavy atom. The molecule has 1 unspecified atom stereocenters. The maximum absolute atomic E-state index is 13.2. The average molecular weight is 310 g/mol. The molecule has 0 radical (unpaired) electrons. The zero-order chi connectivity index (χ0) is 15.2. The van der Waals surface area contributed by atoms with E-state index in [9.17, 15) is 4.39 Å². The van der Waals surface area contributed by atoms with Crippen molar-refractivity contribution >= 4 is 11.6 Å². The monoisotopic (exact) mass is 309 g/mol. The molecular formula is C17H21ClFNO. The molecule has 0 spiro atoms. The van der Waals surface area contributed by atoms with Gasteiger partial charge in [-0.3, -0.25) is 0 Å². The van der Waals surface area contributed by atoms with Gasteiger partial charge in [-0.1, -0.05) is 31.5 Å². The molecule has 1 aromatic carbocycles. The van der Waals surface area contributed by atoms with Crippen molar-refractivity contribution < 1.29 is 8.81 Å². The zero-order valence-electron chi connectivity index (χ0n) is 12.5. The van der Waals surface area contributed by atoms with Crippen molar-refractivity contribution in [1.82, 2.24) is 5.32 Å². The lowest BCUT2D eigenvalue weighted by Gasteiger charge is -2.19. The first-order valence-corrected chi connectivity index (χ1v) is 7.77. The summed E-state index contributed by atoms with van der Waals surface area (Å²) in [5, 5.41) is 4.00. The fourth-order valence-electron chi connectivity index (χ4n) is 2.47. The third kappa shape index (κ3) is 4.08. The van der Waals surface area contributed by atoms with E-state index in [1.165, 1.54) is 12.1 Å². The Hall–Kier alpha value is -1.32. The standard InChI is InChI=1S/C17H21ClFNO/c1-3-8-20-16(14-7-9-21-17(14)4-2)10-12-5-6-13(19)11-15(12)18/h5-7,9,11,16,20H,3-4,8,10H2,1-2H3. The van der Waals surface area contributed by atoms with Crippen molar-refractivity contribution in [3.05, 3.63) is 58.3 Å². The SMILES string of the molecule is CCCNC(Cc1ccc(F)cc1Cl)c1ccoc1CC. The highest BCUT2D eigenvalue weighted by molar-refractivity contribution is 6.31. The Kier molecular flexibility index (Phi) is 5.83. The molecule has 0 amide bonds. The van der Waals surface area contributed by atoms with Gasteiger partial charge in [0, 0.05) is 23.0 Å². The minimum Gasteiger partial charge on any atom is -0.469 e. The first kappa shape index (κ1) is 16.1. The van der Waals surface area contributed by atoms with E-state index in [1.54, 1.807) is 12.3 Å². The second-order valence-electron chi connectivity index (χ2n) is 5.10. The van der Waals surface area contributed by atoms with Gasteiger partial charge in [0.1, 0.15) is 11.6 Å². The van der Waals surface area contributed by atoms with Crippen molar-refractivity contribution in [2.75, 3.05) is 6.54 Å². The number of nitrogens with one attached hydrogen (secondary N) is 1. The van der Waals surface area contributed by atoms with Crippen LogP contribution in [0.1, 0.15) is 43.2 Å². The van der Waals surface area contributed by atoms with Gasteiger partial charge >= 0.3 is 0 Å². The summed E-state index contributed by atoms with van der Waals surface area (Å²) in [6, 6.07) is 6.70. The first-order valence-electron chi connectivity index (χ1n) is 7.39. The summed E-state index contributed by atoms with van der Waals surface area (Å²) in [5.41, 5.74) is 2.10. The van der Waals surface area contributed by atoms with Crippen LogP contribution in [0.5, 0.6) is 0 Å². The third-order valence-electron chi connectivity index (χ3n) is 3.56. The maximum Gasteiger partial charge on any atom is 0.124 e. The highest BCUT2D eigenvalue weighted by atomic mass is 35.5. The van der Waals surface area contributed by atoms with E-state index in [-0.39, 0.29) is 11.9 Å². The molecule has 2 nitrogen and oxygen atoms in total. The van der Waals surface area contributed by atoms with Crippen LogP contribution < -0.4 is 5.32 Å². The molecule has 21 heavy (non-hydrogen) atoms. The van der Waals surface area contributed by atoms with Crippen LogP contribution in [0.15, 0.2) is 34.9 Å². The summed E-state index contributed by atoms with van der Waals surface area (Å²) in [7, 11) is 0. The number of benzene rings is 1. The van der Waals surface area contributed by atoms with E-state index >= 15 is 0 Å². The van der Waals surface area contributed by atoms with Crippen LogP contribution >= 0.6 is 11.6 Å². The summed E-state index contributed by atoms with van der Waals surface area (Å²) in [6.45, 7) is 5.12. The molecule has 0 saturated heterocycles. The van der Waals surface area contributed by atoms with Gasteiger partial charge in [0.25, 0.3) is 0 Å². The molecule has 1 atom stereocenters. The predicted molar refractivity (Wildman–Crippen MR) is 84.2 cm³/mol. The number of halogens is 2. The number of hydrogen-bond acceptors (Lipinski definition) is 2. The molecule has 0 bridgehead atoms. The first-order chi connectivity index (χ1) is 10.2. The number of furan rings is 1. The van der Waals surface area contributed by atoms with Crippen molar-refractivity contribution in [2.45, 2.75) is 39.2 Å². The van der Waals surface area contributed by atoms with E-state index < -0.39 is 0 Å². The van der Waals surface area contributed by atoms with Crippen molar-refractivity contribution in [3.63, 3.8) is 0 Å².